The summed E-state index contributed by atoms with van der Waals surface area (Å²) < 4.78 is 34.4. The Bertz CT molecular complexity index is 551. The molecule has 0 aromatic rings. The average Bonchev–Trinajstić information content (AvgIpc) is 2.62. The summed E-state index contributed by atoms with van der Waals surface area (Å²) in [6.07, 6.45) is 0.665. The van der Waals surface area contributed by atoms with Gasteiger partial charge in [0.1, 0.15) is 6.04 Å². The smallest absolute Gasteiger partial charge is 0.326 e. The number of amides is 3. The summed E-state index contributed by atoms with van der Waals surface area (Å²) in [5, 5.41) is 0.575. The summed E-state index contributed by atoms with van der Waals surface area (Å²) in [6, 6.07) is -2.40. The predicted molar refractivity (Wildman–Crippen MR) is 71.1 cm³/mol. The number of piperidine rings is 1. The number of urea groups is 1. The van der Waals surface area contributed by atoms with Gasteiger partial charge < -0.3 is 10.6 Å². The van der Waals surface area contributed by atoms with E-state index in [9.17, 15) is 18.0 Å². The van der Waals surface area contributed by atoms with Gasteiger partial charge in [0.05, 0.1) is 12.6 Å². The molecule has 3 amide bonds. The lowest BCUT2D eigenvalue weighted by Gasteiger charge is -2.28. The van der Waals surface area contributed by atoms with Gasteiger partial charge in [0.25, 0.3) is 5.91 Å². The lowest BCUT2D eigenvalue weighted by Crippen LogP contribution is -2.50. The molecule has 126 valence electrons. The van der Waals surface area contributed by atoms with Gasteiger partial charge in [0.15, 0.2) is 0 Å². The molecule has 2 aliphatic rings. The van der Waals surface area contributed by atoms with Crippen LogP contribution in [-0.4, -0.2) is 66.1 Å². The topological polar surface area (TPSA) is 151 Å². The van der Waals surface area contributed by atoms with Crippen LogP contribution in [0.25, 0.3) is 0 Å². The van der Waals surface area contributed by atoms with E-state index in [1.165, 1.54) is 4.90 Å². The van der Waals surface area contributed by atoms with Crippen LogP contribution in [0.2, 0.25) is 0 Å². The average molecular weight is 338 g/mol. The molecule has 22 heavy (non-hydrogen) atoms. The summed E-state index contributed by atoms with van der Waals surface area (Å²) >= 11 is 0. The molecule has 11 nitrogen and oxygen atoms in total. The molecule has 0 aromatic carbocycles. The van der Waals surface area contributed by atoms with E-state index in [1.807, 2.05) is 0 Å². The highest BCUT2D eigenvalue weighted by Gasteiger charge is 2.49. The van der Waals surface area contributed by atoms with Crippen molar-refractivity contribution in [3.05, 3.63) is 0 Å². The van der Waals surface area contributed by atoms with Gasteiger partial charge in [-0.2, -0.15) is 13.5 Å². The second-order valence-corrected chi connectivity index (χ2v) is 6.27. The van der Waals surface area contributed by atoms with Gasteiger partial charge in [-0.05, 0) is 19.8 Å². The molecule has 0 saturated carbocycles. The van der Waals surface area contributed by atoms with Crippen LogP contribution in [0.4, 0.5) is 4.79 Å². The van der Waals surface area contributed by atoms with Gasteiger partial charge in [-0.1, -0.05) is 0 Å². The van der Waals surface area contributed by atoms with E-state index in [-0.39, 0.29) is 19.2 Å². The zero-order valence-electron chi connectivity index (χ0n) is 11.8. The SMILES string of the molecule is CC(N)CONC(=O)[C@@H]1CC[C@@H]2CN1C(=O)N2OS(=O)(=O)O. The summed E-state index contributed by atoms with van der Waals surface area (Å²) in [5.74, 6) is -0.527. The van der Waals surface area contributed by atoms with E-state index in [4.69, 9.17) is 15.1 Å². The zero-order valence-corrected chi connectivity index (χ0v) is 12.7. The van der Waals surface area contributed by atoms with Crippen molar-refractivity contribution in [2.75, 3.05) is 13.2 Å². The third-order valence-electron chi connectivity index (χ3n) is 3.32. The number of hydrogen-bond acceptors (Lipinski definition) is 7. The number of nitrogens with zero attached hydrogens (tertiary/aromatic N) is 2. The molecule has 12 heteroatoms. The lowest BCUT2D eigenvalue weighted by atomic mass is 10.0. The van der Waals surface area contributed by atoms with Crippen molar-refractivity contribution >= 4 is 22.3 Å². The number of nitrogens with two attached hydrogens (primary N) is 1. The largest absolute Gasteiger partial charge is 0.418 e. The lowest BCUT2D eigenvalue weighted by molar-refractivity contribution is -0.139. The molecular weight excluding hydrogens is 320 g/mol. The maximum absolute atomic E-state index is 12.1. The molecule has 2 heterocycles. The Labute approximate surface area is 127 Å². The van der Waals surface area contributed by atoms with Crippen LogP contribution in [0.15, 0.2) is 0 Å². The minimum Gasteiger partial charge on any atom is -0.326 e. The van der Waals surface area contributed by atoms with Gasteiger partial charge in [0.2, 0.25) is 0 Å². The number of fused-ring (bicyclic) bond motifs is 2. The van der Waals surface area contributed by atoms with Crippen molar-refractivity contribution in [2.45, 2.75) is 37.9 Å². The first-order valence-corrected chi connectivity index (χ1v) is 7.99. The molecule has 2 rings (SSSR count). The fourth-order valence-electron chi connectivity index (χ4n) is 2.42. The quantitative estimate of drug-likeness (QED) is 0.386. The van der Waals surface area contributed by atoms with E-state index in [0.717, 1.165) is 0 Å². The van der Waals surface area contributed by atoms with Gasteiger partial charge in [-0.15, -0.1) is 4.28 Å². The number of carbonyl (C=O) groups excluding carboxylic acids is 2. The molecule has 2 bridgehead atoms. The summed E-state index contributed by atoms with van der Waals surface area (Å²) in [6.45, 7) is 1.94. The maximum Gasteiger partial charge on any atom is 0.418 e. The predicted octanol–water partition coefficient (Wildman–Crippen LogP) is -1.62. The van der Waals surface area contributed by atoms with Crippen molar-refractivity contribution < 1.29 is 31.7 Å². The maximum atomic E-state index is 12.1. The van der Waals surface area contributed by atoms with Gasteiger partial charge in [-0.3, -0.25) is 14.2 Å². The monoisotopic (exact) mass is 338 g/mol. The third kappa shape index (κ3) is 3.84. The van der Waals surface area contributed by atoms with Crippen LogP contribution in [-0.2, 0) is 24.3 Å². The van der Waals surface area contributed by atoms with Crippen LogP contribution in [0.3, 0.4) is 0 Å². The Hall–Kier alpha value is -1.47. The molecule has 1 unspecified atom stereocenters. The van der Waals surface area contributed by atoms with Crippen LogP contribution >= 0.6 is 0 Å². The molecule has 0 spiro atoms. The van der Waals surface area contributed by atoms with Crippen molar-refractivity contribution in [1.29, 1.82) is 0 Å². The molecule has 2 fully saturated rings. The molecule has 0 radical (unpaired) electrons. The fourth-order valence-corrected chi connectivity index (χ4v) is 2.80. The molecular formula is C10H18N4O7S. The zero-order chi connectivity index (χ0) is 16.5. The summed E-state index contributed by atoms with van der Waals surface area (Å²) in [5.41, 5.74) is 7.68. The Morgan fingerprint density at radius 1 is 1.55 bits per heavy atom. The normalized spacial score (nSPS) is 26.2. The highest BCUT2D eigenvalue weighted by Crippen LogP contribution is 2.30. The summed E-state index contributed by atoms with van der Waals surface area (Å²) in [4.78, 5) is 30.2. The van der Waals surface area contributed by atoms with Crippen LogP contribution in [0, 0.1) is 0 Å². The molecule has 3 atom stereocenters. The van der Waals surface area contributed by atoms with Gasteiger partial charge in [0, 0.05) is 12.6 Å². The van der Waals surface area contributed by atoms with Crippen molar-refractivity contribution in [1.82, 2.24) is 15.4 Å². The van der Waals surface area contributed by atoms with Crippen molar-refractivity contribution in [3.63, 3.8) is 0 Å². The highest BCUT2D eigenvalue weighted by atomic mass is 32.3. The van der Waals surface area contributed by atoms with Crippen LogP contribution in [0.1, 0.15) is 19.8 Å². The number of carbonyl (C=O) groups is 2. The van der Waals surface area contributed by atoms with Crippen molar-refractivity contribution in [2.24, 2.45) is 5.73 Å². The number of hydrogen-bond donors (Lipinski definition) is 3. The first-order chi connectivity index (χ1) is 10.2. The van der Waals surface area contributed by atoms with E-state index in [2.05, 4.69) is 9.76 Å². The van der Waals surface area contributed by atoms with E-state index in [1.54, 1.807) is 6.92 Å². The Morgan fingerprint density at radius 3 is 2.82 bits per heavy atom. The number of hydroxylamine groups is 3. The Morgan fingerprint density at radius 2 is 2.23 bits per heavy atom. The Kier molecular flexibility index (Phi) is 4.87. The second kappa shape index (κ2) is 6.34. The molecule has 2 aliphatic heterocycles. The highest BCUT2D eigenvalue weighted by molar-refractivity contribution is 7.80. The minimum absolute atomic E-state index is 0.118. The first kappa shape index (κ1) is 16.9. The first-order valence-electron chi connectivity index (χ1n) is 6.63. The minimum atomic E-state index is -4.80. The van der Waals surface area contributed by atoms with Crippen LogP contribution in [0.5, 0.6) is 0 Å². The van der Waals surface area contributed by atoms with E-state index >= 15 is 0 Å². The van der Waals surface area contributed by atoms with Gasteiger partial charge >= 0.3 is 16.4 Å². The molecule has 0 aromatic heterocycles. The van der Waals surface area contributed by atoms with Crippen molar-refractivity contribution in [3.8, 4) is 0 Å². The molecule has 0 aliphatic carbocycles. The molecule has 4 N–H and O–H groups in total. The number of rotatable bonds is 6. The fraction of sp³-hybridized carbons (Fsp3) is 0.800. The standard InChI is InChI=1S/C10H18N4O7S/c1-6(11)5-20-12-9(15)8-3-2-7-4-13(8)10(16)14(7)21-22(17,18)19/h6-8H,2-5,11H2,1H3,(H,12,15)(H,17,18,19)/t6?,7-,8+/m1/s1. The van der Waals surface area contributed by atoms with E-state index < -0.39 is 34.4 Å². The summed E-state index contributed by atoms with van der Waals surface area (Å²) in [7, 11) is -4.80. The second-order valence-electron chi connectivity index (χ2n) is 5.26. The van der Waals surface area contributed by atoms with Crippen LogP contribution < -0.4 is 11.2 Å². The number of nitrogens with one attached hydrogen (secondary N) is 1. The van der Waals surface area contributed by atoms with Gasteiger partial charge in [-0.25, -0.2) is 10.3 Å². The Balaban J connectivity index is 1.98. The van der Waals surface area contributed by atoms with E-state index in [0.29, 0.717) is 17.9 Å². The third-order valence-corrected chi connectivity index (χ3v) is 3.67. The molecule has 2 saturated heterocycles.